The number of ether oxygens (including phenoxy) is 1. The van der Waals surface area contributed by atoms with Crippen molar-refractivity contribution < 1.29 is 14.3 Å². The normalized spacial score (nSPS) is 17.3. The molecule has 5 nitrogen and oxygen atoms in total. The number of hydrogen-bond acceptors (Lipinski definition) is 3. The van der Waals surface area contributed by atoms with Crippen molar-refractivity contribution in [3.8, 4) is 5.75 Å². The third-order valence-corrected chi connectivity index (χ3v) is 6.46. The van der Waals surface area contributed by atoms with Crippen LogP contribution in [0.4, 0.5) is 11.4 Å². The van der Waals surface area contributed by atoms with Crippen molar-refractivity contribution >= 4 is 34.8 Å². The number of methoxy groups -OCH3 is 1. The summed E-state index contributed by atoms with van der Waals surface area (Å²) in [5.41, 5.74) is 4.24. The van der Waals surface area contributed by atoms with Crippen LogP contribution in [0.25, 0.3) is 0 Å². The van der Waals surface area contributed by atoms with Gasteiger partial charge in [-0.2, -0.15) is 0 Å². The number of carbonyl (C=O) groups is 2. The summed E-state index contributed by atoms with van der Waals surface area (Å²) in [4.78, 5) is 30.1. The fourth-order valence-corrected chi connectivity index (χ4v) is 4.82. The second-order valence-electron chi connectivity index (χ2n) is 8.38. The molecule has 0 N–H and O–H groups in total. The third kappa shape index (κ3) is 4.33. The lowest BCUT2D eigenvalue weighted by Crippen LogP contribution is -2.47. The van der Waals surface area contributed by atoms with Crippen molar-refractivity contribution in [2.24, 2.45) is 0 Å². The molecule has 3 aromatic carbocycles. The van der Waals surface area contributed by atoms with E-state index in [0.717, 1.165) is 22.5 Å². The number of carbonyl (C=O) groups excluding carboxylic acids is 2. The van der Waals surface area contributed by atoms with Gasteiger partial charge in [-0.3, -0.25) is 9.59 Å². The predicted molar refractivity (Wildman–Crippen MR) is 132 cm³/mol. The van der Waals surface area contributed by atoms with Crippen LogP contribution in [-0.4, -0.2) is 25.0 Å². The standard InChI is InChI=1S/C27H27ClN2O3/c1-17-6-5-7-24-26(17)25(30(19(3)31)22-12-10-21(28)11-13-22)16-18(2)29(24)27(32)20-8-14-23(33-4)15-9-20/h5-15,18,25H,16H2,1-4H3. The van der Waals surface area contributed by atoms with Gasteiger partial charge in [-0.15, -0.1) is 0 Å². The van der Waals surface area contributed by atoms with Crippen LogP contribution in [-0.2, 0) is 4.79 Å². The maximum atomic E-state index is 13.6. The first-order chi connectivity index (χ1) is 15.8. The van der Waals surface area contributed by atoms with E-state index < -0.39 is 0 Å². The Morgan fingerprint density at radius 3 is 2.30 bits per heavy atom. The molecular weight excluding hydrogens is 436 g/mol. The van der Waals surface area contributed by atoms with Crippen LogP contribution < -0.4 is 14.5 Å². The highest BCUT2D eigenvalue weighted by Gasteiger charge is 2.39. The van der Waals surface area contributed by atoms with Gasteiger partial charge in [0.2, 0.25) is 5.91 Å². The molecule has 0 saturated heterocycles. The molecule has 1 aliphatic rings. The van der Waals surface area contributed by atoms with Crippen molar-refractivity contribution in [2.75, 3.05) is 16.9 Å². The molecule has 2 unspecified atom stereocenters. The average molecular weight is 463 g/mol. The zero-order chi connectivity index (χ0) is 23.7. The van der Waals surface area contributed by atoms with Crippen molar-refractivity contribution in [1.29, 1.82) is 0 Å². The van der Waals surface area contributed by atoms with Gasteiger partial charge in [0, 0.05) is 40.5 Å². The summed E-state index contributed by atoms with van der Waals surface area (Å²) in [5, 5.41) is 0.618. The molecule has 0 spiro atoms. The smallest absolute Gasteiger partial charge is 0.258 e. The first-order valence-electron chi connectivity index (χ1n) is 10.9. The number of amides is 2. The molecule has 2 atom stereocenters. The van der Waals surface area contributed by atoms with E-state index in [1.165, 1.54) is 0 Å². The Morgan fingerprint density at radius 2 is 1.70 bits per heavy atom. The Bertz CT molecular complexity index is 1170. The van der Waals surface area contributed by atoms with Crippen LogP contribution in [0.15, 0.2) is 66.7 Å². The molecule has 33 heavy (non-hydrogen) atoms. The molecule has 0 bridgehead atoms. The average Bonchev–Trinajstić information content (AvgIpc) is 2.80. The van der Waals surface area contributed by atoms with E-state index in [2.05, 4.69) is 0 Å². The van der Waals surface area contributed by atoms with Crippen molar-refractivity contribution in [1.82, 2.24) is 0 Å². The van der Waals surface area contributed by atoms with Gasteiger partial charge < -0.3 is 14.5 Å². The van der Waals surface area contributed by atoms with Crippen molar-refractivity contribution in [3.05, 3.63) is 88.4 Å². The second-order valence-corrected chi connectivity index (χ2v) is 8.81. The molecule has 6 heteroatoms. The van der Waals surface area contributed by atoms with E-state index in [1.54, 1.807) is 50.4 Å². The van der Waals surface area contributed by atoms with Gasteiger partial charge in [-0.25, -0.2) is 0 Å². The van der Waals surface area contributed by atoms with E-state index in [9.17, 15) is 9.59 Å². The number of rotatable bonds is 4. The number of anilines is 2. The zero-order valence-electron chi connectivity index (χ0n) is 19.2. The summed E-state index contributed by atoms with van der Waals surface area (Å²) in [6, 6.07) is 20.1. The van der Waals surface area contributed by atoms with Gasteiger partial charge in [-0.05, 0) is 80.4 Å². The predicted octanol–water partition coefficient (Wildman–Crippen LogP) is 6.19. The van der Waals surface area contributed by atoms with Gasteiger partial charge in [0.25, 0.3) is 5.91 Å². The Morgan fingerprint density at radius 1 is 1.03 bits per heavy atom. The van der Waals surface area contributed by atoms with Crippen LogP contribution >= 0.6 is 11.6 Å². The molecule has 0 radical (unpaired) electrons. The van der Waals surface area contributed by atoms with Crippen LogP contribution in [0.1, 0.15) is 47.8 Å². The van der Waals surface area contributed by atoms with E-state index in [-0.39, 0.29) is 23.9 Å². The Kier molecular flexibility index (Phi) is 6.43. The first-order valence-corrected chi connectivity index (χ1v) is 11.3. The Hall–Kier alpha value is -3.31. The fraction of sp³-hybridized carbons (Fsp3) is 0.259. The number of nitrogens with zero attached hydrogens (tertiary/aromatic N) is 2. The molecule has 1 aliphatic heterocycles. The summed E-state index contributed by atoms with van der Waals surface area (Å²) in [6.45, 7) is 5.63. The Labute approximate surface area is 199 Å². The lowest BCUT2D eigenvalue weighted by Gasteiger charge is -2.44. The van der Waals surface area contributed by atoms with E-state index >= 15 is 0 Å². The Balaban J connectivity index is 1.80. The molecule has 0 saturated carbocycles. The fourth-order valence-electron chi connectivity index (χ4n) is 4.69. The van der Waals surface area contributed by atoms with Crippen LogP contribution in [0.3, 0.4) is 0 Å². The lowest BCUT2D eigenvalue weighted by molar-refractivity contribution is -0.117. The molecule has 2 amide bonds. The molecule has 1 heterocycles. The lowest BCUT2D eigenvalue weighted by atomic mass is 9.86. The maximum Gasteiger partial charge on any atom is 0.258 e. The van der Waals surface area contributed by atoms with Gasteiger partial charge in [0.05, 0.1) is 13.2 Å². The minimum Gasteiger partial charge on any atom is -0.497 e. The third-order valence-electron chi connectivity index (χ3n) is 6.21. The monoisotopic (exact) mass is 462 g/mol. The van der Waals surface area contributed by atoms with E-state index in [4.69, 9.17) is 16.3 Å². The largest absolute Gasteiger partial charge is 0.497 e. The highest BCUT2D eigenvalue weighted by atomic mass is 35.5. The van der Waals surface area contributed by atoms with E-state index in [1.807, 2.05) is 54.0 Å². The molecule has 3 aromatic rings. The molecule has 4 rings (SSSR count). The number of aryl methyl sites for hydroxylation is 1. The zero-order valence-corrected chi connectivity index (χ0v) is 20.0. The minimum absolute atomic E-state index is 0.0568. The van der Waals surface area contributed by atoms with Gasteiger partial charge in [0.15, 0.2) is 0 Å². The highest BCUT2D eigenvalue weighted by molar-refractivity contribution is 6.30. The second kappa shape index (κ2) is 9.28. The summed E-state index contributed by atoms with van der Waals surface area (Å²) < 4.78 is 5.23. The number of benzene rings is 3. The van der Waals surface area contributed by atoms with Crippen molar-refractivity contribution in [2.45, 2.75) is 39.3 Å². The summed E-state index contributed by atoms with van der Waals surface area (Å²) in [5.74, 6) is 0.574. The topological polar surface area (TPSA) is 49.9 Å². The van der Waals surface area contributed by atoms with Gasteiger partial charge in [-0.1, -0.05) is 23.7 Å². The van der Waals surface area contributed by atoms with Crippen LogP contribution in [0.5, 0.6) is 5.75 Å². The molecule has 0 aliphatic carbocycles. The molecule has 0 aromatic heterocycles. The molecule has 0 fully saturated rings. The van der Waals surface area contributed by atoms with Crippen molar-refractivity contribution in [3.63, 3.8) is 0 Å². The first kappa shape index (κ1) is 22.9. The maximum absolute atomic E-state index is 13.6. The number of fused-ring (bicyclic) bond motifs is 1. The number of halogens is 1. The van der Waals surface area contributed by atoms with Crippen LogP contribution in [0, 0.1) is 6.92 Å². The highest BCUT2D eigenvalue weighted by Crippen LogP contribution is 2.44. The van der Waals surface area contributed by atoms with Gasteiger partial charge >= 0.3 is 0 Å². The van der Waals surface area contributed by atoms with Gasteiger partial charge in [0.1, 0.15) is 5.75 Å². The number of hydrogen-bond donors (Lipinski definition) is 0. The summed E-state index contributed by atoms with van der Waals surface area (Å²) >= 11 is 6.09. The van der Waals surface area contributed by atoms with Crippen LogP contribution in [0.2, 0.25) is 5.02 Å². The summed E-state index contributed by atoms with van der Waals surface area (Å²) in [6.07, 6.45) is 0.613. The quantitative estimate of drug-likeness (QED) is 0.464. The minimum atomic E-state index is -0.199. The summed E-state index contributed by atoms with van der Waals surface area (Å²) in [7, 11) is 1.60. The van der Waals surface area contributed by atoms with E-state index in [0.29, 0.717) is 22.8 Å². The molecule has 170 valence electrons. The molecular formula is C27H27ClN2O3. The SMILES string of the molecule is COc1ccc(C(=O)N2c3cccc(C)c3C(N(C(C)=O)c3ccc(Cl)cc3)CC2C)cc1.